The van der Waals surface area contributed by atoms with Gasteiger partial charge in [-0.15, -0.1) is 0 Å². The van der Waals surface area contributed by atoms with Gasteiger partial charge in [0.05, 0.1) is 13.2 Å². The van der Waals surface area contributed by atoms with E-state index in [1.165, 1.54) is 18.4 Å². The van der Waals surface area contributed by atoms with Crippen molar-refractivity contribution in [1.29, 1.82) is 0 Å². The van der Waals surface area contributed by atoms with Crippen LogP contribution in [0, 0.1) is 0 Å². The van der Waals surface area contributed by atoms with E-state index in [2.05, 4.69) is 24.3 Å². The molecule has 1 saturated heterocycles. The summed E-state index contributed by atoms with van der Waals surface area (Å²) >= 11 is 0. The summed E-state index contributed by atoms with van der Waals surface area (Å²) in [6.07, 6.45) is 6.98. The minimum Gasteiger partial charge on any atom is -0.490 e. The van der Waals surface area contributed by atoms with Crippen LogP contribution in [0.3, 0.4) is 0 Å². The standard InChI is InChI=1S/C16H23NO2/c17-16(9-1-2-10-16)13-3-5-14(6-4-13)19-15-7-11-18-12-8-15/h3-6,15H,1-2,7-12,17H2. The van der Waals surface area contributed by atoms with Gasteiger partial charge in [-0.2, -0.15) is 0 Å². The van der Waals surface area contributed by atoms with Crippen molar-refractivity contribution < 1.29 is 9.47 Å². The Morgan fingerprint density at radius 3 is 2.32 bits per heavy atom. The van der Waals surface area contributed by atoms with E-state index >= 15 is 0 Å². The van der Waals surface area contributed by atoms with Crippen molar-refractivity contribution in [3.05, 3.63) is 29.8 Å². The second-order valence-corrected chi connectivity index (χ2v) is 5.82. The minimum atomic E-state index is -0.1000. The van der Waals surface area contributed by atoms with E-state index in [9.17, 15) is 0 Å². The maximum atomic E-state index is 6.46. The Morgan fingerprint density at radius 1 is 1.05 bits per heavy atom. The van der Waals surface area contributed by atoms with Crippen LogP contribution in [0.25, 0.3) is 0 Å². The Balaban J connectivity index is 1.65. The van der Waals surface area contributed by atoms with Crippen molar-refractivity contribution in [2.45, 2.75) is 50.2 Å². The third kappa shape index (κ3) is 2.93. The second kappa shape index (κ2) is 5.51. The largest absolute Gasteiger partial charge is 0.490 e. The molecule has 0 radical (unpaired) electrons. The van der Waals surface area contributed by atoms with Crippen LogP contribution in [-0.2, 0) is 10.3 Å². The molecular weight excluding hydrogens is 238 g/mol. The molecule has 1 aliphatic heterocycles. The molecule has 1 saturated carbocycles. The molecular formula is C16H23NO2. The number of rotatable bonds is 3. The van der Waals surface area contributed by atoms with Gasteiger partial charge in [0.1, 0.15) is 11.9 Å². The zero-order valence-electron chi connectivity index (χ0n) is 11.4. The maximum absolute atomic E-state index is 6.46. The number of nitrogens with two attached hydrogens (primary N) is 1. The van der Waals surface area contributed by atoms with Crippen molar-refractivity contribution in [2.24, 2.45) is 5.73 Å². The molecule has 0 aromatic heterocycles. The van der Waals surface area contributed by atoms with Crippen LogP contribution < -0.4 is 10.5 Å². The van der Waals surface area contributed by atoms with Gasteiger partial charge in [0.25, 0.3) is 0 Å². The fraction of sp³-hybridized carbons (Fsp3) is 0.625. The summed E-state index contributed by atoms with van der Waals surface area (Å²) < 4.78 is 11.3. The average Bonchev–Trinajstić information content (AvgIpc) is 2.89. The molecule has 104 valence electrons. The van der Waals surface area contributed by atoms with E-state index in [-0.39, 0.29) is 5.54 Å². The molecule has 1 heterocycles. The number of hydrogen-bond donors (Lipinski definition) is 1. The van der Waals surface area contributed by atoms with Gasteiger partial charge in [-0.3, -0.25) is 0 Å². The smallest absolute Gasteiger partial charge is 0.119 e. The molecule has 0 bridgehead atoms. The molecule has 19 heavy (non-hydrogen) atoms. The molecule has 0 atom stereocenters. The van der Waals surface area contributed by atoms with Gasteiger partial charge in [-0.25, -0.2) is 0 Å². The Morgan fingerprint density at radius 2 is 1.68 bits per heavy atom. The number of ether oxygens (including phenoxy) is 2. The summed E-state index contributed by atoms with van der Waals surface area (Å²) in [6, 6.07) is 8.41. The van der Waals surface area contributed by atoms with Crippen molar-refractivity contribution in [1.82, 2.24) is 0 Å². The van der Waals surface area contributed by atoms with Gasteiger partial charge < -0.3 is 15.2 Å². The Labute approximate surface area is 115 Å². The fourth-order valence-corrected chi connectivity index (χ4v) is 3.15. The molecule has 0 amide bonds. The molecule has 2 aliphatic rings. The molecule has 3 nitrogen and oxygen atoms in total. The quantitative estimate of drug-likeness (QED) is 0.909. The lowest BCUT2D eigenvalue weighted by atomic mass is 9.89. The Bertz CT molecular complexity index is 403. The average molecular weight is 261 g/mol. The SMILES string of the molecule is NC1(c2ccc(OC3CCOCC3)cc2)CCCC1. The van der Waals surface area contributed by atoms with Gasteiger partial charge >= 0.3 is 0 Å². The molecule has 0 unspecified atom stereocenters. The van der Waals surface area contributed by atoms with E-state index in [1.807, 2.05) is 0 Å². The topological polar surface area (TPSA) is 44.5 Å². The zero-order chi connectivity index (χ0) is 13.1. The third-order valence-corrected chi connectivity index (χ3v) is 4.40. The Kier molecular flexibility index (Phi) is 3.76. The molecule has 1 aliphatic carbocycles. The minimum absolute atomic E-state index is 0.1000. The van der Waals surface area contributed by atoms with Crippen LogP contribution in [0.1, 0.15) is 44.1 Å². The van der Waals surface area contributed by atoms with Crippen LogP contribution >= 0.6 is 0 Å². The van der Waals surface area contributed by atoms with Crippen LogP contribution in [0.5, 0.6) is 5.75 Å². The molecule has 3 heteroatoms. The molecule has 2 N–H and O–H groups in total. The third-order valence-electron chi connectivity index (χ3n) is 4.40. The van der Waals surface area contributed by atoms with Crippen molar-refractivity contribution in [3.8, 4) is 5.75 Å². The summed E-state index contributed by atoms with van der Waals surface area (Å²) in [7, 11) is 0. The van der Waals surface area contributed by atoms with Crippen LogP contribution in [0.2, 0.25) is 0 Å². The summed E-state index contributed by atoms with van der Waals surface area (Å²) in [5.74, 6) is 0.956. The molecule has 1 aromatic rings. The van der Waals surface area contributed by atoms with Gasteiger partial charge in [0, 0.05) is 18.4 Å². The lowest BCUT2D eigenvalue weighted by Gasteiger charge is -2.26. The highest BCUT2D eigenvalue weighted by Crippen LogP contribution is 2.36. The first-order valence-corrected chi connectivity index (χ1v) is 7.40. The van der Waals surface area contributed by atoms with Gasteiger partial charge in [-0.05, 0) is 30.5 Å². The predicted molar refractivity (Wildman–Crippen MR) is 75.2 cm³/mol. The van der Waals surface area contributed by atoms with Crippen molar-refractivity contribution in [2.75, 3.05) is 13.2 Å². The van der Waals surface area contributed by atoms with Crippen LogP contribution in [0.15, 0.2) is 24.3 Å². The van der Waals surface area contributed by atoms with Gasteiger partial charge in [-0.1, -0.05) is 25.0 Å². The van der Waals surface area contributed by atoms with E-state index in [0.717, 1.165) is 44.6 Å². The Hall–Kier alpha value is -1.06. The summed E-state index contributed by atoms with van der Waals surface area (Å²) in [5.41, 5.74) is 7.61. The lowest BCUT2D eigenvalue weighted by Crippen LogP contribution is -2.33. The number of hydrogen-bond acceptors (Lipinski definition) is 3. The van der Waals surface area contributed by atoms with Crippen LogP contribution in [0.4, 0.5) is 0 Å². The van der Waals surface area contributed by atoms with E-state index in [0.29, 0.717) is 6.10 Å². The zero-order valence-corrected chi connectivity index (χ0v) is 11.4. The van der Waals surface area contributed by atoms with E-state index in [4.69, 9.17) is 15.2 Å². The lowest BCUT2D eigenvalue weighted by molar-refractivity contribution is 0.0255. The number of benzene rings is 1. The highest BCUT2D eigenvalue weighted by Gasteiger charge is 2.31. The van der Waals surface area contributed by atoms with Crippen molar-refractivity contribution >= 4 is 0 Å². The van der Waals surface area contributed by atoms with Gasteiger partial charge in [0.2, 0.25) is 0 Å². The van der Waals surface area contributed by atoms with E-state index < -0.39 is 0 Å². The molecule has 3 rings (SSSR count). The molecule has 2 fully saturated rings. The predicted octanol–water partition coefficient (Wildman–Crippen LogP) is 2.97. The fourth-order valence-electron chi connectivity index (χ4n) is 3.15. The van der Waals surface area contributed by atoms with Crippen molar-refractivity contribution in [3.63, 3.8) is 0 Å². The first-order valence-electron chi connectivity index (χ1n) is 7.40. The van der Waals surface area contributed by atoms with Gasteiger partial charge in [0.15, 0.2) is 0 Å². The molecule has 0 spiro atoms. The van der Waals surface area contributed by atoms with Crippen LogP contribution in [-0.4, -0.2) is 19.3 Å². The first kappa shape index (κ1) is 12.9. The highest BCUT2D eigenvalue weighted by atomic mass is 16.5. The maximum Gasteiger partial charge on any atom is 0.119 e. The summed E-state index contributed by atoms with van der Waals surface area (Å²) in [4.78, 5) is 0. The highest BCUT2D eigenvalue weighted by molar-refractivity contribution is 5.32. The molecule has 1 aromatic carbocycles. The van der Waals surface area contributed by atoms with E-state index in [1.54, 1.807) is 0 Å². The summed E-state index contributed by atoms with van der Waals surface area (Å²) in [6.45, 7) is 1.63. The second-order valence-electron chi connectivity index (χ2n) is 5.82. The monoisotopic (exact) mass is 261 g/mol. The normalized spacial score (nSPS) is 23.4. The summed E-state index contributed by atoms with van der Waals surface area (Å²) in [5, 5.41) is 0. The first-order chi connectivity index (χ1) is 9.26.